The Morgan fingerprint density at radius 1 is 1.04 bits per heavy atom. The Labute approximate surface area is 169 Å². The molecule has 158 valence electrons. The zero-order valence-electron chi connectivity index (χ0n) is 17.6. The molecule has 0 heterocycles. The molecule has 0 amide bonds. The van der Waals surface area contributed by atoms with Crippen LogP contribution in [0.15, 0.2) is 49.1 Å². The molecule has 0 spiro atoms. The number of aliphatic hydroxyl groups excluding tert-OH is 1. The molecule has 1 atom stereocenters. The number of ether oxygens (including phenoxy) is 2. The lowest BCUT2D eigenvalue weighted by atomic mass is 9.76. The number of hydrogen-bond donors (Lipinski definition) is 1. The summed E-state index contributed by atoms with van der Waals surface area (Å²) >= 11 is 0. The van der Waals surface area contributed by atoms with Gasteiger partial charge in [0.2, 0.25) is 0 Å². The highest BCUT2D eigenvalue weighted by Gasteiger charge is 2.48. The molecule has 0 saturated carbocycles. The molecule has 0 aromatic carbocycles. The Bertz CT molecular complexity index is 527. The zero-order valence-corrected chi connectivity index (χ0v) is 17.6. The minimum Gasteiger partial charge on any atom is -0.465 e. The second kappa shape index (κ2) is 15.9. The maximum absolute atomic E-state index is 12.8. The third-order valence-electron chi connectivity index (χ3n) is 4.21. The number of rotatable bonds is 15. The second-order valence-electron chi connectivity index (χ2n) is 6.60. The van der Waals surface area contributed by atoms with E-state index in [2.05, 4.69) is 6.58 Å². The van der Waals surface area contributed by atoms with Gasteiger partial charge in [0, 0.05) is 6.61 Å². The smallest absolute Gasteiger partial charge is 0.323 e. The van der Waals surface area contributed by atoms with Crippen molar-refractivity contribution in [3.63, 3.8) is 0 Å². The summed E-state index contributed by atoms with van der Waals surface area (Å²) in [6, 6.07) is 0. The van der Waals surface area contributed by atoms with Crippen LogP contribution >= 0.6 is 0 Å². The topological polar surface area (TPSA) is 72.8 Å². The van der Waals surface area contributed by atoms with E-state index in [0.29, 0.717) is 6.42 Å². The highest BCUT2D eigenvalue weighted by molar-refractivity contribution is 6.00. The average molecular weight is 393 g/mol. The van der Waals surface area contributed by atoms with Crippen molar-refractivity contribution in [2.75, 3.05) is 19.8 Å². The van der Waals surface area contributed by atoms with Crippen LogP contribution in [0.2, 0.25) is 0 Å². The summed E-state index contributed by atoms with van der Waals surface area (Å²) in [5.74, 6) is -1.14. The molecule has 0 aromatic rings. The van der Waals surface area contributed by atoms with Crippen molar-refractivity contribution in [3.05, 3.63) is 49.1 Å². The Morgan fingerprint density at radius 2 is 1.64 bits per heavy atom. The number of allylic oxidation sites excluding steroid dienone is 7. The summed E-state index contributed by atoms with van der Waals surface area (Å²) in [7, 11) is 0. The first-order valence-electron chi connectivity index (χ1n) is 10.0. The molecule has 0 aliphatic heterocycles. The Balaban J connectivity index is 5.45. The van der Waals surface area contributed by atoms with Gasteiger partial charge in [0.25, 0.3) is 0 Å². The Kier molecular flexibility index (Phi) is 14.7. The molecule has 1 N–H and O–H groups in total. The van der Waals surface area contributed by atoms with Gasteiger partial charge in [0.1, 0.15) is 0 Å². The van der Waals surface area contributed by atoms with E-state index in [1.165, 1.54) is 0 Å². The summed E-state index contributed by atoms with van der Waals surface area (Å²) in [5.41, 5.74) is -1.38. The number of unbranched alkanes of at least 4 members (excludes halogenated alkanes) is 2. The van der Waals surface area contributed by atoms with Crippen molar-refractivity contribution in [1.82, 2.24) is 0 Å². The summed E-state index contributed by atoms with van der Waals surface area (Å²) < 4.78 is 10.5. The first-order chi connectivity index (χ1) is 13.5. The van der Waals surface area contributed by atoms with E-state index in [0.717, 1.165) is 19.3 Å². The van der Waals surface area contributed by atoms with Crippen molar-refractivity contribution in [3.8, 4) is 0 Å². The van der Waals surface area contributed by atoms with Crippen LogP contribution in [-0.2, 0) is 19.1 Å². The molecule has 0 bridgehead atoms. The molecule has 5 heteroatoms. The molecule has 0 unspecified atom stereocenters. The fraction of sp³-hybridized carbons (Fsp3) is 0.565. The third-order valence-corrected chi connectivity index (χ3v) is 4.21. The van der Waals surface area contributed by atoms with E-state index in [9.17, 15) is 9.59 Å². The second-order valence-corrected chi connectivity index (χ2v) is 6.60. The standard InChI is InChI=1S/C23H36O5/c1-5-8-16-20(4)19-23(21(25)27-6-2,22(26)28-7-3)17-14-12-10-9-11-13-15-18-24/h5,8-10,12,14,16,20,24H,1,6-7,11,13,15,17-19H2,2-4H3/b10-9+,14-12+,16-8+/t20-/m1/s1. The van der Waals surface area contributed by atoms with Crippen LogP contribution in [-0.4, -0.2) is 36.9 Å². The van der Waals surface area contributed by atoms with Crippen LogP contribution in [0.5, 0.6) is 0 Å². The molecular formula is C23H36O5. The lowest BCUT2D eigenvalue weighted by Gasteiger charge is -2.30. The molecule has 0 saturated heterocycles. The Hall–Kier alpha value is -2.14. The van der Waals surface area contributed by atoms with Gasteiger partial charge >= 0.3 is 11.9 Å². The fourth-order valence-corrected chi connectivity index (χ4v) is 2.82. The maximum atomic E-state index is 12.8. The van der Waals surface area contributed by atoms with E-state index in [-0.39, 0.29) is 32.2 Å². The fourth-order valence-electron chi connectivity index (χ4n) is 2.82. The molecule has 0 rings (SSSR count). The predicted molar refractivity (Wildman–Crippen MR) is 113 cm³/mol. The highest BCUT2D eigenvalue weighted by Crippen LogP contribution is 2.35. The lowest BCUT2D eigenvalue weighted by Crippen LogP contribution is -2.43. The van der Waals surface area contributed by atoms with Crippen LogP contribution in [0, 0.1) is 11.3 Å². The maximum Gasteiger partial charge on any atom is 0.323 e. The molecular weight excluding hydrogens is 356 g/mol. The average Bonchev–Trinajstić information content (AvgIpc) is 2.67. The molecule has 0 fully saturated rings. The van der Waals surface area contributed by atoms with Gasteiger partial charge in [-0.15, -0.1) is 0 Å². The summed E-state index contributed by atoms with van der Waals surface area (Å²) in [5, 5.41) is 8.78. The molecule has 0 aliphatic carbocycles. The van der Waals surface area contributed by atoms with Gasteiger partial charge in [-0.3, -0.25) is 9.59 Å². The van der Waals surface area contributed by atoms with Crippen molar-refractivity contribution in [2.45, 2.75) is 52.9 Å². The van der Waals surface area contributed by atoms with Gasteiger partial charge in [-0.25, -0.2) is 0 Å². The van der Waals surface area contributed by atoms with Crippen LogP contribution in [0.4, 0.5) is 0 Å². The van der Waals surface area contributed by atoms with Gasteiger partial charge in [0.15, 0.2) is 5.41 Å². The minimum atomic E-state index is -1.38. The van der Waals surface area contributed by atoms with Gasteiger partial charge in [0.05, 0.1) is 13.2 Å². The molecule has 0 aromatic heterocycles. The Morgan fingerprint density at radius 3 is 2.18 bits per heavy atom. The summed E-state index contributed by atoms with van der Waals surface area (Å²) in [6.45, 7) is 9.64. The molecule has 0 radical (unpaired) electrons. The van der Waals surface area contributed by atoms with Crippen molar-refractivity contribution >= 4 is 11.9 Å². The summed E-state index contributed by atoms with van der Waals surface area (Å²) in [4.78, 5) is 25.6. The van der Waals surface area contributed by atoms with E-state index in [1.54, 1.807) is 32.1 Å². The quantitative estimate of drug-likeness (QED) is 0.192. The molecule has 0 aliphatic rings. The lowest BCUT2D eigenvalue weighted by molar-refractivity contribution is -0.173. The SMILES string of the molecule is C=C/C=C/[C@@H](C)CC(C/C=C/C=C/CCCCO)(C(=O)OCC)C(=O)OCC. The zero-order chi connectivity index (χ0) is 21.3. The third kappa shape index (κ3) is 9.70. The van der Waals surface area contributed by atoms with Gasteiger partial charge in [-0.05, 0) is 51.9 Å². The van der Waals surface area contributed by atoms with E-state index < -0.39 is 17.4 Å². The minimum absolute atomic E-state index is 0.0331. The number of carbonyl (C=O) groups excluding carboxylic acids is 2. The van der Waals surface area contributed by atoms with Crippen LogP contribution in [0.25, 0.3) is 0 Å². The first kappa shape index (κ1) is 25.9. The molecule has 28 heavy (non-hydrogen) atoms. The number of esters is 2. The molecule has 5 nitrogen and oxygen atoms in total. The number of hydrogen-bond acceptors (Lipinski definition) is 5. The largest absolute Gasteiger partial charge is 0.465 e. The normalized spacial score (nSPS) is 13.3. The monoisotopic (exact) mass is 392 g/mol. The van der Waals surface area contributed by atoms with E-state index in [1.807, 2.05) is 31.2 Å². The first-order valence-corrected chi connectivity index (χ1v) is 10.0. The summed E-state index contributed by atoms with van der Waals surface area (Å²) in [6.07, 6.45) is 16.0. The highest BCUT2D eigenvalue weighted by atomic mass is 16.6. The number of aliphatic hydroxyl groups is 1. The van der Waals surface area contributed by atoms with Crippen LogP contribution < -0.4 is 0 Å². The van der Waals surface area contributed by atoms with Crippen molar-refractivity contribution in [1.29, 1.82) is 0 Å². The van der Waals surface area contributed by atoms with Crippen molar-refractivity contribution < 1.29 is 24.2 Å². The van der Waals surface area contributed by atoms with Crippen LogP contribution in [0.1, 0.15) is 52.9 Å². The van der Waals surface area contributed by atoms with Crippen molar-refractivity contribution in [2.24, 2.45) is 11.3 Å². The van der Waals surface area contributed by atoms with E-state index in [4.69, 9.17) is 14.6 Å². The van der Waals surface area contributed by atoms with Gasteiger partial charge in [-0.1, -0.05) is 56.0 Å². The van der Waals surface area contributed by atoms with Gasteiger partial charge in [-0.2, -0.15) is 0 Å². The van der Waals surface area contributed by atoms with Gasteiger partial charge < -0.3 is 14.6 Å². The predicted octanol–water partition coefficient (Wildman–Crippen LogP) is 4.53. The number of carbonyl (C=O) groups is 2. The van der Waals surface area contributed by atoms with Crippen LogP contribution in [0.3, 0.4) is 0 Å². The van der Waals surface area contributed by atoms with E-state index >= 15 is 0 Å².